The van der Waals surface area contributed by atoms with Gasteiger partial charge in [0.25, 0.3) is 0 Å². The average molecular weight is 773 g/mol. The summed E-state index contributed by atoms with van der Waals surface area (Å²) in [6.45, 7) is -0.0102. The number of ether oxygens (including phenoxy) is 6. The summed E-state index contributed by atoms with van der Waals surface area (Å²) in [6, 6.07) is 5.11. The Hall–Kier alpha value is -3.91. The van der Waals surface area contributed by atoms with Crippen molar-refractivity contribution in [2.75, 3.05) is 13.2 Å². The predicted molar refractivity (Wildman–Crippen MR) is 173 cm³/mol. The standard InChI is InChI=1S/C33H40O21/c1-9-19(38)23(42)26(45)31(49-9)48-8-17-21(40)25(44)28(47)33(53-17)54-30-22(41)18-13(37)5-11(35)6-15(18)50-29(30)10-2-3-14(12(36)4-10)51-32-27(46)24(43)20(39)16(7-34)52-32/h2-6,9,16-17,19-21,23-28,31-40,42-47H,7-8H2,1H3/t9-,16+,17+,19-,20+,21+,23+,24-,25-,26+,27+,28+,31+,32?,33-/m0/s1. The molecule has 2 aromatic carbocycles. The van der Waals surface area contributed by atoms with Gasteiger partial charge < -0.3 is 99.2 Å². The van der Waals surface area contributed by atoms with Crippen molar-refractivity contribution in [1.29, 1.82) is 0 Å². The van der Waals surface area contributed by atoms with E-state index in [2.05, 4.69) is 0 Å². The number of aromatic hydroxyl groups is 3. The quantitative estimate of drug-likeness (QED) is 0.0980. The fraction of sp³-hybridized carbons (Fsp3) is 0.545. The van der Waals surface area contributed by atoms with Crippen molar-refractivity contribution in [2.24, 2.45) is 0 Å². The van der Waals surface area contributed by atoms with Crippen LogP contribution in [0.4, 0.5) is 0 Å². The molecule has 0 amide bonds. The zero-order valence-electron chi connectivity index (χ0n) is 28.0. The molecule has 21 heteroatoms. The van der Waals surface area contributed by atoms with E-state index in [1.54, 1.807) is 0 Å². The number of benzene rings is 2. The lowest BCUT2D eigenvalue weighted by molar-refractivity contribution is -0.318. The summed E-state index contributed by atoms with van der Waals surface area (Å²) >= 11 is 0. The number of hydrogen-bond acceptors (Lipinski definition) is 21. The van der Waals surface area contributed by atoms with Crippen LogP contribution in [-0.4, -0.2) is 172 Å². The van der Waals surface area contributed by atoms with E-state index in [0.29, 0.717) is 0 Å². The van der Waals surface area contributed by atoms with Crippen molar-refractivity contribution in [2.45, 2.75) is 99.0 Å². The summed E-state index contributed by atoms with van der Waals surface area (Å²) in [4.78, 5) is 13.9. The smallest absolute Gasteiger partial charge is 0.239 e. The van der Waals surface area contributed by atoms with Crippen LogP contribution in [-0.2, 0) is 18.9 Å². The molecule has 3 aliphatic rings. The van der Waals surface area contributed by atoms with E-state index in [0.717, 1.165) is 24.3 Å². The molecule has 3 aromatic rings. The number of rotatable bonds is 9. The Morgan fingerprint density at radius 2 is 1.24 bits per heavy atom. The van der Waals surface area contributed by atoms with Crippen LogP contribution in [0.3, 0.4) is 0 Å². The van der Waals surface area contributed by atoms with Gasteiger partial charge in [-0.1, -0.05) is 0 Å². The lowest BCUT2D eigenvalue weighted by Gasteiger charge is -2.42. The topological polar surface area (TPSA) is 349 Å². The van der Waals surface area contributed by atoms with Crippen molar-refractivity contribution in [1.82, 2.24) is 0 Å². The van der Waals surface area contributed by atoms with Gasteiger partial charge in [0.05, 0.1) is 19.3 Å². The number of aliphatic hydroxyl groups is 10. The molecule has 4 heterocycles. The number of phenols is 3. The molecule has 1 unspecified atom stereocenters. The van der Waals surface area contributed by atoms with Gasteiger partial charge in [-0.25, -0.2) is 0 Å². The third-order valence-corrected chi connectivity index (χ3v) is 9.37. The van der Waals surface area contributed by atoms with Crippen LogP contribution < -0.4 is 14.9 Å². The Bertz CT molecular complexity index is 1850. The van der Waals surface area contributed by atoms with Crippen LogP contribution in [0.1, 0.15) is 6.92 Å². The van der Waals surface area contributed by atoms with Gasteiger partial charge in [0.1, 0.15) is 89.6 Å². The summed E-state index contributed by atoms with van der Waals surface area (Å²) in [5.41, 5.74) is -1.62. The predicted octanol–water partition coefficient (Wildman–Crippen LogP) is -4.21. The van der Waals surface area contributed by atoms with E-state index in [4.69, 9.17) is 32.8 Å². The first kappa shape index (κ1) is 39.8. The lowest BCUT2D eigenvalue weighted by Crippen LogP contribution is -2.61. The van der Waals surface area contributed by atoms with Gasteiger partial charge in [-0.2, -0.15) is 0 Å². The molecule has 15 atom stereocenters. The monoisotopic (exact) mass is 772 g/mol. The van der Waals surface area contributed by atoms with E-state index < -0.39 is 145 Å². The first-order valence-corrected chi connectivity index (χ1v) is 16.5. The highest BCUT2D eigenvalue weighted by Gasteiger charge is 2.48. The van der Waals surface area contributed by atoms with Crippen molar-refractivity contribution in [3.8, 4) is 40.1 Å². The minimum atomic E-state index is -2.05. The average Bonchev–Trinajstić information content (AvgIpc) is 3.13. The zero-order chi connectivity index (χ0) is 39.3. The van der Waals surface area contributed by atoms with E-state index in [-0.39, 0.29) is 16.9 Å². The van der Waals surface area contributed by atoms with E-state index in [1.807, 2.05) is 0 Å². The van der Waals surface area contributed by atoms with Gasteiger partial charge in [0, 0.05) is 17.7 Å². The molecule has 0 spiro atoms. The van der Waals surface area contributed by atoms with Crippen LogP contribution in [0.15, 0.2) is 39.5 Å². The van der Waals surface area contributed by atoms with Gasteiger partial charge in [0.15, 0.2) is 23.5 Å². The van der Waals surface area contributed by atoms with Crippen molar-refractivity contribution < 1.29 is 99.2 Å². The Labute approximate surface area is 303 Å². The van der Waals surface area contributed by atoms with Crippen LogP contribution in [0, 0.1) is 0 Å². The minimum Gasteiger partial charge on any atom is -0.508 e. The maximum Gasteiger partial charge on any atom is 0.239 e. The molecule has 0 saturated carbocycles. The summed E-state index contributed by atoms with van der Waals surface area (Å²) in [6.07, 6.45) is -25.1. The van der Waals surface area contributed by atoms with Crippen LogP contribution >= 0.6 is 0 Å². The molecule has 6 rings (SSSR count). The second-order valence-corrected chi connectivity index (χ2v) is 13.1. The van der Waals surface area contributed by atoms with Crippen molar-refractivity contribution in [3.05, 3.63) is 40.6 Å². The highest BCUT2D eigenvalue weighted by molar-refractivity contribution is 5.88. The maximum absolute atomic E-state index is 13.9. The van der Waals surface area contributed by atoms with E-state index >= 15 is 0 Å². The number of phenolic OH excluding ortho intramolecular Hbond substituents is 3. The third kappa shape index (κ3) is 7.39. The van der Waals surface area contributed by atoms with Crippen molar-refractivity contribution in [3.63, 3.8) is 0 Å². The second kappa shape index (κ2) is 15.7. The number of fused-ring (bicyclic) bond motifs is 1. The molecule has 3 saturated heterocycles. The SMILES string of the molecule is C[C@@H]1O[C@@H](OC[C@H]2O[C@@H](Oc3c(-c4ccc(OC5O[C@H](CO)[C@@H](O)[C@H](O)[C@H]5O)c(O)c4)oc4cc(O)cc(O)c4c3=O)[C@H](O)[C@@H](O)[C@@H]2O)[C@H](O)[C@H](O)[C@H]1O. The lowest BCUT2D eigenvalue weighted by atomic mass is 9.98. The molecule has 13 N–H and O–H groups in total. The van der Waals surface area contributed by atoms with Gasteiger partial charge in [-0.15, -0.1) is 0 Å². The normalized spacial score (nSPS) is 37.3. The molecule has 3 aliphatic heterocycles. The fourth-order valence-electron chi connectivity index (χ4n) is 6.22. The zero-order valence-corrected chi connectivity index (χ0v) is 28.0. The third-order valence-electron chi connectivity index (χ3n) is 9.37. The number of aliphatic hydroxyl groups excluding tert-OH is 10. The maximum atomic E-state index is 13.9. The van der Waals surface area contributed by atoms with Crippen LogP contribution in [0.2, 0.25) is 0 Å². The van der Waals surface area contributed by atoms with Crippen molar-refractivity contribution >= 4 is 11.0 Å². The van der Waals surface area contributed by atoms with Crippen LogP contribution in [0.25, 0.3) is 22.3 Å². The Kier molecular flexibility index (Phi) is 11.5. The first-order valence-electron chi connectivity index (χ1n) is 16.5. The Balaban J connectivity index is 1.31. The summed E-state index contributed by atoms with van der Waals surface area (Å²) in [7, 11) is 0. The summed E-state index contributed by atoms with van der Waals surface area (Å²) in [5.74, 6) is -3.59. The second-order valence-electron chi connectivity index (χ2n) is 13.1. The Morgan fingerprint density at radius 3 is 1.89 bits per heavy atom. The highest BCUT2D eigenvalue weighted by atomic mass is 16.7. The highest BCUT2D eigenvalue weighted by Crippen LogP contribution is 2.40. The fourth-order valence-corrected chi connectivity index (χ4v) is 6.22. The van der Waals surface area contributed by atoms with Gasteiger partial charge >= 0.3 is 0 Å². The first-order chi connectivity index (χ1) is 25.5. The summed E-state index contributed by atoms with van der Waals surface area (Å²) in [5, 5.41) is 134. The van der Waals surface area contributed by atoms with Gasteiger partial charge in [0.2, 0.25) is 23.8 Å². The summed E-state index contributed by atoms with van der Waals surface area (Å²) < 4.78 is 38.9. The molecular formula is C33H40O21. The molecule has 21 nitrogen and oxygen atoms in total. The largest absolute Gasteiger partial charge is 0.508 e. The Morgan fingerprint density at radius 1 is 0.648 bits per heavy atom. The molecule has 1 aromatic heterocycles. The van der Waals surface area contributed by atoms with Gasteiger partial charge in [-0.3, -0.25) is 4.79 Å². The molecule has 54 heavy (non-hydrogen) atoms. The molecule has 298 valence electrons. The molecule has 0 bridgehead atoms. The van der Waals surface area contributed by atoms with E-state index in [1.165, 1.54) is 13.0 Å². The molecule has 0 aliphatic carbocycles. The van der Waals surface area contributed by atoms with Crippen LogP contribution in [0.5, 0.6) is 28.7 Å². The minimum absolute atomic E-state index is 0.144. The van der Waals surface area contributed by atoms with Gasteiger partial charge in [-0.05, 0) is 25.1 Å². The molecule has 0 radical (unpaired) electrons. The number of hydrogen-bond donors (Lipinski definition) is 13. The molecular weight excluding hydrogens is 732 g/mol. The van der Waals surface area contributed by atoms with E-state index in [9.17, 15) is 71.2 Å². The molecule has 3 fully saturated rings.